The van der Waals surface area contributed by atoms with Crippen LogP contribution in [0.25, 0.3) is 0 Å². The van der Waals surface area contributed by atoms with Crippen molar-refractivity contribution in [2.75, 3.05) is 6.61 Å². The molecule has 5 atom stereocenters. The lowest BCUT2D eigenvalue weighted by Crippen LogP contribution is -2.60. The first-order chi connectivity index (χ1) is 7.01. The fourth-order valence-electron chi connectivity index (χ4n) is 1.77. The summed E-state index contributed by atoms with van der Waals surface area (Å²) in [6.45, 7) is 0.846. The van der Waals surface area contributed by atoms with Gasteiger partial charge in [0, 0.05) is 6.92 Å². The molecule has 2 aliphatic rings. The van der Waals surface area contributed by atoms with Crippen molar-refractivity contribution >= 4 is 5.91 Å². The van der Waals surface area contributed by atoms with Crippen LogP contribution in [0.15, 0.2) is 0 Å². The van der Waals surface area contributed by atoms with Crippen LogP contribution in [0.2, 0.25) is 0 Å². The van der Waals surface area contributed by atoms with Crippen LogP contribution in [0.4, 0.5) is 0 Å². The van der Waals surface area contributed by atoms with E-state index in [4.69, 9.17) is 14.6 Å². The van der Waals surface area contributed by atoms with Crippen molar-refractivity contribution in [1.29, 1.82) is 0 Å². The molecule has 2 saturated heterocycles. The van der Waals surface area contributed by atoms with Gasteiger partial charge < -0.3 is 30.1 Å². The molecule has 15 heavy (non-hydrogen) atoms. The highest BCUT2D eigenvalue weighted by Gasteiger charge is 2.70. The Bertz CT molecular complexity index is 284. The Balaban J connectivity index is 2.11. The molecule has 4 N–H and O–H groups in total. The van der Waals surface area contributed by atoms with Crippen LogP contribution in [0, 0.1) is 0 Å². The predicted molar refractivity (Wildman–Crippen MR) is 45.4 cm³/mol. The molecule has 0 radical (unpaired) electrons. The number of aliphatic hydroxyl groups is 3. The Kier molecular flexibility index (Phi) is 2.44. The van der Waals surface area contributed by atoms with Crippen molar-refractivity contribution in [2.24, 2.45) is 0 Å². The van der Waals surface area contributed by atoms with Crippen LogP contribution >= 0.6 is 0 Å². The Labute approximate surface area is 85.6 Å². The third-order valence-electron chi connectivity index (χ3n) is 2.59. The van der Waals surface area contributed by atoms with Gasteiger partial charge in [-0.1, -0.05) is 0 Å². The molecule has 0 saturated carbocycles. The highest BCUT2D eigenvalue weighted by molar-refractivity contribution is 5.74. The van der Waals surface area contributed by atoms with Gasteiger partial charge in [-0.3, -0.25) is 4.79 Å². The number of ether oxygens (including phenoxy) is 2. The van der Waals surface area contributed by atoms with E-state index in [-0.39, 0.29) is 0 Å². The van der Waals surface area contributed by atoms with E-state index in [1.807, 2.05) is 0 Å². The number of hydrogen-bond acceptors (Lipinski definition) is 6. The Hall–Kier alpha value is -0.730. The van der Waals surface area contributed by atoms with Gasteiger partial charge in [-0.05, 0) is 0 Å². The van der Waals surface area contributed by atoms with Gasteiger partial charge in [0.2, 0.25) is 17.9 Å². The van der Waals surface area contributed by atoms with Gasteiger partial charge in [0.05, 0.1) is 6.61 Å². The van der Waals surface area contributed by atoms with E-state index in [9.17, 15) is 15.0 Å². The molecule has 2 fully saturated rings. The van der Waals surface area contributed by atoms with E-state index in [0.717, 1.165) is 0 Å². The molecule has 7 heteroatoms. The molecule has 86 valence electrons. The van der Waals surface area contributed by atoms with E-state index in [1.54, 1.807) is 0 Å². The van der Waals surface area contributed by atoms with Crippen LogP contribution in [0.1, 0.15) is 6.92 Å². The third kappa shape index (κ3) is 1.52. The fourth-order valence-corrected chi connectivity index (χ4v) is 1.77. The molecule has 1 amide bonds. The van der Waals surface area contributed by atoms with E-state index in [1.165, 1.54) is 6.92 Å². The first-order valence-electron chi connectivity index (χ1n) is 4.60. The monoisotopic (exact) mass is 219 g/mol. The molecular formula is C8H13NO6. The summed E-state index contributed by atoms with van der Waals surface area (Å²) in [5.74, 6) is -0.394. The lowest BCUT2D eigenvalue weighted by molar-refractivity contribution is -0.165. The minimum atomic E-state index is -1.35. The highest BCUT2D eigenvalue weighted by Crippen LogP contribution is 2.44. The molecule has 2 heterocycles. The summed E-state index contributed by atoms with van der Waals surface area (Å²) < 4.78 is 10.1. The number of fused-ring (bicyclic) bond motifs is 1. The normalized spacial score (nSPS) is 48.3. The molecule has 7 nitrogen and oxygen atoms in total. The molecule has 0 aliphatic carbocycles. The van der Waals surface area contributed by atoms with Crippen LogP contribution in [-0.4, -0.2) is 58.2 Å². The zero-order chi connectivity index (χ0) is 11.2. The van der Waals surface area contributed by atoms with Gasteiger partial charge in [-0.25, -0.2) is 0 Å². The second kappa shape index (κ2) is 3.39. The smallest absolute Gasteiger partial charge is 0.224 e. The number of amides is 1. The van der Waals surface area contributed by atoms with E-state index >= 15 is 0 Å². The summed E-state index contributed by atoms with van der Waals surface area (Å²) >= 11 is 0. The van der Waals surface area contributed by atoms with Gasteiger partial charge in [0.25, 0.3) is 0 Å². The minimum Gasteiger partial charge on any atom is -0.394 e. The summed E-state index contributed by atoms with van der Waals surface area (Å²) in [5, 5.41) is 30.5. The number of nitrogens with one attached hydrogen (secondary N) is 1. The van der Waals surface area contributed by atoms with Crippen molar-refractivity contribution < 1.29 is 29.6 Å². The molecule has 0 bridgehead atoms. The molecule has 0 unspecified atom stereocenters. The van der Waals surface area contributed by atoms with Crippen molar-refractivity contribution in [2.45, 2.75) is 37.3 Å². The number of aliphatic hydroxyl groups excluding tert-OH is 3. The lowest BCUT2D eigenvalue weighted by Gasteiger charge is -2.33. The first-order valence-corrected chi connectivity index (χ1v) is 4.60. The number of epoxide rings is 1. The van der Waals surface area contributed by atoms with Gasteiger partial charge in [0.15, 0.2) is 0 Å². The molecule has 0 aromatic rings. The molecule has 2 rings (SSSR count). The first kappa shape index (κ1) is 10.8. The summed E-state index contributed by atoms with van der Waals surface area (Å²) in [4.78, 5) is 10.9. The van der Waals surface area contributed by atoms with E-state index in [0.29, 0.717) is 0 Å². The maximum Gasteiger partial charge on any atom is 0.224 e. The molecule has 0 aromatic heterocycles. The molecular weight excluding hydrogens is 206 g/mol. The standard InChI is InChI=1S/C8H13NO6/c1-3(11)9-8-6(13)5(12)4(2-10)14-7(8)15-8/h4-7,10,12-13H,2H2,1H3,(H,9,11)/t4-,5+,6+,7+,8+/m1/s1. The Morgan fingerprint density at radius 1 is 1.53 bits per heavy atom. The summed E-state index contributed by atoms with van der Waals surface area (Å²) in [5.41, 5.74) is -1.35. The number of carbonyl (C=O) groups excluding carboxylic acids is 1. The second-order valence-electron chi connectivity index (χ2n) is 3.72. The fraction of sp³-hybridized carbons (Fsp3) is 0.875. The summed E-state index contributed by atoms with van der Waals surface area (Å²) in [6.07, 6.45) is -4.30. The molecule has 0 spiro atoms. The van der Waals surface area contributed by atoms with Crippen molar-refractivity contribution in [3.63, 3.8) is 0 Å². The topological polar surface area (TPSA) is 112 Å². The third-order valence-corrected chi connectivity index (χ3v) is 2.59. The van der Waals surface area contributed by atoms with Crippen LogP contribution in [-0.2, 0) is 14.3 Å². The summed E-state index contributed by atoms with van der Waals surface area (Å²) in [6, 6.07) is 0. The van der Waals surface area contributed by atoms with Crippen LogP contribution < -0.4 is 5.32 Å². The number of hydrogen-bond donors (Lipinski definition) is 4. The van der Waals surface area contributed by atoms with E-state index in [2.05, 4.69) is 5.32 Å². The molecule has 0 aromatic carbocycles. The largest absolute Gasteiger partial charge is 0.394 e. The lowest BCUT2D eigenvalue weighted by atomic mass is 9.98. The zero-order valence-corrected chi connectivity index (χ0v) is 8.08. The van der Waals surface area contributed by atoms with Gasteiger partial charge in [-0.2, -0.15) is 0 Å². The van der Waals surface area contributed by atoms with Crippen molar-refractivity contribution in [3.8, 4) is 0 Å². The quantitative estimate of drug-likeness (QED) is 0.376. The average molecular weight is 219 g/mol. The Morgan fingerprint density at radius 2 is 2.20 bits per heavy atom. The number of carbonyl (C=O) groups is 1. The number of rotatable bonds is 2. The predicted octanol–water partition coefficient (Wildman–Crippen LogP) is -2.71. The molecule has 2 aliphatic heterocycles. The maximum atomic E-state index is 10.9. The average Bonchev–Trinajstić information content (AvgIpc) is 2.85. The van der Waals surface area contributed by atoms with Gasteiger partial charge in [-0.15, -0.1) is 0 Å². The van der Waals surface area contributed by atoms with Gasteiger partial charge in [0.1, 0.15) is 18.3 Å². The van der Waals surface area contributed by atoms with Crippen molar-refractivity contribution in [3.05, 3.63) is 0 Å². The Morgan fingerprint density at radius 3 is 2.73 bits per heavy atom. The minimum absolute atomic E-state index is 0.394. The van der Waals surface area contributed by atoms with E-state index < -0.39 is 42.8 Å². The zero-order valence-electron chi connectivity index (χ0n) is 8.08. The second-order valence-corrected chi connectivity index (χ2v) is 3.72. The highest BCUT2D eigenvalue weighted by atomic mass is 16.8. The van der Waals surface area contributed by atoms with Crippen LogP contribution in [0.5, 0.6) is 0 Å². The van der Waals surface area contributed by atoms with Gasteiger partial charge >= 0.3 is 0 Å². The van der Waals surface area contributed by atoms with Crippen LogP contribution in [0.3, 0.4) is 0 Å². The van der Waals surface area contributed by atoms with Crippen molar-refractivity contribution in [1.82, 2.24) is 5.32 Å². The summed E-state index contributed by atoms with van der Waals surface area (Å²) in [7, 11) is 0. The maximum absolute atomic E-state index is 10.9. The SMILES string of the molecule is CC(=O)N[C@@]12O[C@@H]1O[C@H](CO)[C@H](O)[C@@H]2O.